The molecule has 16 heavy (non-hydrogen) atoms. The van der Waals surface area contributed by atoms with Gasteiger partial charge in [-0.3, -0.25) is 4.79 Å². The summed E-state index contributed by atoms with van der Waals surface area (Å²) in [7, 11) is 1.76. The fraction of sp³-hybridized carbons (Fsp3) is 0.636. The van der Waals surface area contributed by atoms with Crippen LogP contribution < -0.4 is 10.6 Å². The van der Waals surface area contributed by atoms with E-state index in [1.54, 1.807) is 18.4 Å². The first-order chi connectivity index (χ1) is 7.69. The number of carbonyl (C=O) groups excluding carboxylic acids is 1. The summed E-state index contributed by atoms with van der Waals surface area (Å²) in [6.07, 6.45) is 3.37. The van der Waals surface area contributed by atoms with Crippen LogP contribution in [0.5, 0.6) is 0 Å². The van der Waals surface area contributed by atoms with Gasteiger partial charge in [-0.25, -0.2) is 4.98 Å². The maximum Gasteiger partial charge on any atom is 0.240 e. The zero-order valence-corrected chi connectivity index (χ0v) is 10.5. The lowest BCUT2D eigenvalue weighted by Crippen LogP contribution is -2.24. The standard InChI is InChI=1S/C11H17N3OS/c1-7-3-4-8-9(5-7)16-11(13-8)14-10(15)6-12-2/h7,12H,3-6H2,1-2H3,(H,13,14,15). The highest BCUT2D eigenvalue weighted by Crippen LogP contribution is 2.31. The van der Waals surface area contributed by atoms with Gasteiger partial charge in [0.15, 0.2) is 5.13 Å². The highest BCUT2D eigenvalue weighted by Gasteiger charge is 2.20. The van der Waals surface area contributed by atoms with E-state index < -0.39 is 0 Å². The molecule has 1 aliphatic carbocycles. The molecule has 88 valence electrons. The van der Waals surface area contributed by atoms with E-state index in [9.17, 15) is 4.79 Å². The van der Waals surface area contributed by atoms with Crippen LogP contribution in [0.15, 0.2) is 0 Å². The lowest BCUT2D eigenvalue weighted by Gasteiger charge is -2.15. The molecule has 0 fully saturated rings. The van der Waals surface area contributed by atoms with Crippen molar-refractivity contribution in [2.75, 3.05) is 18.9 Å². The Morgan fingerprint density at radius 2 is 2.44 bits per heavy atom. The van der Waals surface area contributed by atoms with Crippen LogP contribution in [-0.2, 0) is 17.6 Å². The Morgan fingerprint density at radius 3 is 3.19 bits per heavy atom. The van der Waals surface area contributed by atoms with Gasteiger partial charge < -0.3 is 10.6 Å². The minimum absolute atomic E-state index is 0.0263. The number of thiazole rings is 1. The summed E-state index contributed by atoms with van der Waals surface area (Å²) >= 11 is 1.62. The number of aryl methyl sites for hydroxylation is 1. The van der Waals surface area contributed by atoms with Crippen LogP contribution in [0, 0.1) is 5.92 Å². The van der Waals surface area contributed by atoms with Crippen molar-refractivity contribution < 1.29 is 4.79 Å². The Bertz CT molecular complexity index is 389. The second-order valence-electron chi connectivity index (χ2n) is 4.32. The molecular formula is C11H17N3OS. The summed E-state index contributed by atoms with van der Waals surface area (Å²) < 4.78 is 0. The first-order valence-corrected chi connectivity index (χ1v) is 6.43. The maximum atomic E-state index is 11.4. The number of aromatic nitrogens is 1. The normalized spacial score (nSPS) is 19.2. The zero-order chi connectivity index (χ0) is 11.5. The third-order valence-electron chi connectivity index (χ3n) is 2.77. The molecule has 5 heteroatoms. The van der Waals surface area contributed by atoms with Crippen LogP contribution >= 0.6 is 11.3 Å². The lowest BCUT2D eigenvalue weighted by molar-refractivity contribution is -0.115. The van der Waals surface area contributed by atoms with E-state index in [1.165, 1.54) is 17.0 Å². The largest absolute Gasteiger partial charge is 0.311 e. The van der Waals surface area contributed by atoms with Gasteiger partial charge in [0, 0.05) is 4.88 Å². The molecule has 1 unspecified atom stereocenters. The number of amides is 1. The molecule has 0 aliphatic heterocycles. The predicted molar refractivity (Wildman–Crippen MR) is 65.9 cm³/mol. The SMILES string of the molecule is CNCC(=O)Nc1nc2c(s1)CC(C)CC2. The first kappa shape index (κ1) is 11.5. The van der Waals surface area contributed by atoms with Crippen LogP contribution in [0.25, 0.3) is 0 Å². The highest BCUT2D eigenvalue weighted by molar-refractivity contribution is 7.15. The maximum absolute atomic E-state index is 11.4. The number of carbonyl (C=O) groups is 1. The number of rotatable bonds is 3. The van der Waals surface area contributed by atoms with Crippen LogP contribution in [0.2, 0.25) is 0 Å². The third kappa shape index (κ3) is 2.59. The van der Waals surface area contributed by atoms with E-state index in [0.717, 1.165) is 23.9 Å². The van der Waals surface area contributed by atoms with Gasteiger partial charge >= 0.3 is 0 Å². The van der Waals surface area contributed by atoms with Gasteiger partial charge in [0.1, 0.15) is 0 Å². The molecule has 1 atom stereocenters. The molecule has 0 bridgehead atoms. The second kappa shape index (κ2) is 4.93. The van der Waals surface area contributed by atoms with Crippen LogP contribution in [0.3, 0.4) is 0 Å². The first-order valence-electron chi connectivity index (χ1n) is 5.62. The van der Waals surface area contributed by atoms with Gasteiger partial charge in [-0.2, -0.15) is 0 Å². The quantitative estimate of drug-likeness (QED) is 0.839. The van der Waals surface area contributed by atoms with Crippen molar-refractivity contribution in [1.29, 1.82) is 0 Å². The van der Waals surface area contributed by atoms with Crippen molar-refractivity contribution in [2.24, 2.45) is 5.92 Å². The molecule has 0 aromatic carbocycles. The molecule has 0 spiro atoms. The Labute approximate surface area is 99.5 Å². The van der Waals surface area contributed by atoms with Crippen LogP contribution in [0.1, 0.15) is 23.9 Å². The second-order valence-corrected chi connectivity index (χ2v) is 5.40. The fourth-order valence-corrected chi connectivity index (χ4v) is 3.10. The summed E-state index contributed by atoms with van der Waals surface area (Å²) in [4.78, 5) is 17.2. The molecule has 1 aliphatic rings. The van der Waals surface area contributed by atoms with Crippen molar-refractivity contribution in [1.82, 2.24) is 10.3 Å². The molecule has 0 saturated carbocycles. The monoisotopic (exact) mass is 239 g/mol. The average Bonchev–Trinajstić information content (AvgIpc) is 2.59. The van der Waals surface area contributed by atoms with Gasteiger partial charge in [0.05, 0.1) is 12.2 Å². The van der Waals surface area contributed by atoms with Gasteiger partial charge in [0.25, 0.3) is 0 Å². The molecule has 2 rings (SSSR count). The number of anilines is 1. The van der Waals surface area contributed by atoms with Crippen molar-refractivity contribution >= 4 is 22.4 Å². The topological polar surface area (TPSA) is 54.0 Å². The molecule has 4 nitrogen and oxygen atoms in total. The van der Waals surface area contributed by atoms with Crippen LogP contribution in [0.4, 0.5) is 5.13 Å². The molecule has 1 aromatic rings. The fourth-order valence-electron chi connectivity index (χ4n) is 1.92. The minimum Gasteiger partial charge on any atom is -0.311 e. The number of hydrogen-bond acceptors (Lipinski definition) is 4. The van der Waals surface area contributed by atoms with Gasteiger partial charge in [-0.05, 0) is 32.2 Å². The number of nitrogens with one attached hydrogen (secondary N) is 2. The number of likely N-dealkylation sites (N-methyl/N-ethyl adjacent to an activating group) is 1. The summed E-state index contributed by atoms with van der Waals surface area (Å²) in [5.41, 5.74) is 1.18. The number of hydrogen-bond donors (Lipinski definition) is 2. The lowest BCUT2D eigenvalue weighted by atomic mass is 9.93. The molecule has 1 heterocycles. The molecule has 2 N–H and O–H groups in total. The van der Waals surface area contributed by atoms with E-state index in [4.69, 9.17) is 0 Å². The number of nitrogens with zero attached hydrogens (tertiary/aromatic N) is 1. The molecule has 0 saturated heterocycles. The van der Waals surface area contributed by atoms with Crippen molar-refractivity contribution in [3.63, 3.8) is 0 Å². The number of fused-ring (bicyclic) bond motifs is 1. The minimum atomic E-state index is -0.0263. The Hall–Kier alpha value is -0.940. The highest BCUT2D eigenvalue weighted by atomic mass is 32.1. The van der Waals surface area contributed by atoms with Crippen molar-refractivity contribution in [2.45, 2.75) is 26.2 Å². The molecular weight excluding hydrogens is 222 g/mol. The van der Waals surface area contributed by atoms with Gasteiger partial charge in [-0.15, -0.1) is 11.3 Å². The smallest absolute Gasteiger partial charge is 0.240 e. The zero-order valence-electron chi connectivity index (χ0n) is 9.67. The van der Waals surface area contributed by atoms with E-state index >= 15 is 0 Å². The summed E-state index contributed by atoms with van der Waals surface area (Å²) in [5, 5.41) is 6.39. The van der Waals surface area contributed by atoms with Gasteiger partial charge in [0.2, 0.25) is 5.91 Å². The van der Waals surface area contributed by atoms with Gasteiger partial charge in [-0.1, -0.05) is 6.92 Å². The van der Waals surface area contributed by atoms with E-state index in [1.807, 2.05) is 0 Å². The summed E-state index contributed by atoms with van der Waals surface area (Å²) in [5.74, 6) is 0.718. The van der Waals surface area contributed by atoms with E-state index in [2.05, 4.69) is 22.5 Å². The predicted octanol–water partition coefficient (Wildman–Crippen LogP) is 1.43. The third-order valence-corrected chi connectivity index (χ3v) is 3.81. The van der Waals surface area contributed by atoms with E-state index in [0.29, 0.717) is 6.54 Å². The summed E-state index contributed by atoms with van der Waals surface area (Å²) in [6.45, 7) is 2.60. The molecule has 1 aromatic heterocycles. The average molecular weight is 239 g/mol. The Kier molecular flexibility index (Phi) is 3.56. The summed E-state index contributed by atoms with van der Waals surface area (Å²) in [6, 6.07) is 0. The Morgan fingerprint density at radius 1 is 1.62 bits per heavy atom. The van der Waals surface area contributed by atoms with Crippen molar-refractivity contribution in [3.8, 4) is 0 Å². The van der Waals surface area contributed by atoms with Crippen LogP contribution in [-0.4, -0.2) is 24.5 Å². The Balaban J connectivity index is 2.04. The van der Waals surface area contributed by atoms with E-state index in [-0.39, 0.29) is 5.91 Å². The molecule has 1 amide bonds. The van der Waals surface area contributed by atoms with Crippen molar-refractivity contribution in [3.05, 3.63) is 10.6 Å². The molecule has 0 radical (unpaired) electrons.